The zero-order valence-corrected chi connectivity index (χ0v) is 9.02. The predicted molar refractivity (Wildman–Crippen MR) is 55.9 cm³/mol. The smallest absolute Gasteiger partial charge is 0.0903 e. The fraction of sp³-hybridized carbons (Fsp3) is 0.917. The van der Waals surface area contributed by atoms with Crippen LogP contribution in [0.2, 0.25) is 0 Å². The van der Waals surface area contributed by atoms with Crippen LogP contribution in [-0.4, -0.2) is 19.6 Å². The highest BCUT2D eigenvalue weighted by molar-refractivity contribution is 4.85. The third-order valence-corrected chi connectivity index (χ3v) is 4.12. The van der Waals surface area contributed by atoms with Gasteiger partial charge in [0.05, 0.1) is 32.1 Å². The number of hydrogen-bond acceptors (Lipinski definition) is 1. The molecule has 14 heavy (non-hydrogen) atoms. The van der Waals surface area contributed by atoms with E-state index in [1.165, 1.54) is 51.6 Å². The zero-order valence-electron chi connectivity index (χ0n) is 9.02. The fourth-order valence-corrected chi connectivity index (χ4v) is 3.42. The molecule has 0 aromatic rings. The van der Waals surface area contributed by atoms with Gasteiger partial charge in [-0.2, -0.15) is 5.26 Å². The fourth-order valence-electron chi connectivity index (χ4n) is 3.42. The van der Waals surface area contributed by atoms with Crippen molar-refractivity contribution in [2.75, 3.05) is 19.6 Å². The number of nitriles is 1. The average Bonchev–Trinajstić information content (AvgIpc) is 2.63. The number of likely N-dealkylation sites (tertiary alicyclic amines) is 1. The van der Waals surface area contributed by atoms with Gasteiger partial charge in [0.25, 0.3) is 0 Å². The van der Waals surface area contributed by atoms with Crippen LogP contribution < -0.4 is 4.90 Å². The van der Waals surface area contributed by atoms with E-state index in [1.807, 2.05) is 0 Å². The van der Waals surface area contributed by atoms with E-state index in [2.05, 4.69) is 6.07 Å². The SMILES string of the molecule is N#CCC[NH+]1CCCC2(CCCC2)C1. The Balaban J connectivity index is 1.87. The molecule has 0 aromatic carbocycles. The number of hydrogen-bond donors (Lipinski definition) is 1. The van der Waals surface area contributed by atoms with E-state index in [0.29, 0.717) is 5.41 Å². The topological polar surface area (TPSA) is 28.2 Å². The van der Waals surface area contributed by atoms with Gasteiger partial charge in [0, 0.05) is 5.41 Å². The Hall–Kier alpha value is -0.550. The summed E-state index contributed by atoms with van der Waals surface area (Å²) in [5, 5.41) is 8.59. The normalized spacial score (nSPS) is 30.4. The van der Waals surface area contributed by atoms with Crippen molar-refractivity contribution >= 4 is 0 Å². The minimum atomic E-state index is 0.697. The first kappa shape index (κ1) is 9.98. The van der Waals surface area contributed by atoms with E-state index >= 15 is 0 Å². The van der Waals surface area contributed by atoms with Crippen molar-refractivity contribution in [3.8, 4) is 6.07 Å². The van der Waals surface area contributed by atoms with E-state index in [1.54, 1.807) is 4.90 Å². The summed E-state index contributed by atoms with van der Waals surface area (Å²) in [5.74, 6) is 0. The van der Waals surface area contributed by atoms with Crippen molar-refractivity contribution in [2.45, 2.75) is 44.9 Å². The Morgan fingerprint density at radius 3 is 2.57 bits per heavy atom. The maximum absolute atomic E-state index is 8.59. The lowest BCUT2D eigenvalue weighted by molar-refractivity contribution is -0.912. The van der Waals surface area contributed by atoms with Crippen LogP contribution in [0.1, 0.15) is 44.9 Å². The molecule has 1 saturated heterocycles. The summed E-state index contributed by atoms with van der Waals surface area (Å²) < 4.78 is 0. The molecule has 2 aliphatic rings. The molecule has 2 fully saturated rings. The summed E-state index contributed by atoms with van der Waals surface area (Å²) in [6.07, 6.45) is 9.42. The number of nitrogens with zero attached hydrogens (tertiary/aromatic N) is 1. The number of quaternary nitrogens is 1. The van der Waals surface area contributed by atoms with Crippen molar-refractivity contribution in [3.63, 3.8) is 0 Å². The Morgan fingerprint density at radius 2 is 1.86 bits per heavy atom. The largest absolute Gasteiger partial charge is 0.334 e. The molecule has 0 amide bonds. The van der Waals surface area contributed by atoms with Crippen molar-refractivity contribution in [3.05, 3.63) is 0 Å². The lowest BCUT2D eigenvalue weighted by Crippen LogP contribution is -3.14. The molecule has 1 heterocycles. The molecule has 1 unspecified atom stereocenters. The highest BCUT2D eigenvalue weighted by Gasteiger charge is 2.39. The van der Waals surface area contributed by atoms with E-state index < -0.39 is 0 Å². The Morgan fingerprint density at radius 1 is 1.14 bits per heavy atom. The molecule has 0 bridgehead atoms. The van der Waals surface area contributed by atoms with E-state index in [4.69, 9.17) is 5.26 Å². The number of nitrogens with one attached hydrogen (secondary N) is 1. The van der Waals surface area contributed by atoms with Gasteiger partial charge in [-0.3, -0.25) is 0 Å². The van der Waals surface area contributed by atoms with Crippen molar-refractivity contribution in [1.82, 2.24) is 0 Å². The maximum Gasteiger partial charge on any atom is 0.0903 e. The number of piperidine rings is 1. The second-order valence-electron chi connectivity index (χ2n) is 5.15. The minimum Gasteiger partial charge on any atom is -0.334 e. The Kier molecular flexibility index (Phi) is 3.08. The molecule has 2 rings (SSSR count). The molecule has 1 N–H and O–H groups in total. The maximum atomic E-state index is 8.59. The summed E-state index contributed by atoms with van der Waals surface area (Å²) >= 11 is 0. The summed E-state index contributed by atoms with van der Waals surface area (Å²) in [6, 6.07) is 2.27. The Labute approximate surface area is 86.9 Å². The Bertz CT molecular complexity index is 223. The van der Waals surface area contributed by atoms with Crippen LogP contribution in [0.3, 0.4) is 0 Å². The van der Waals surface area contributed by atoms with Crippen LogP contribution in [0.4, 0.5) is 0 Å². The van der Waals surface area contributed by atoms with Gasteiger partial charge in [-0.05, 0) is 25.7 Å². The third kappa shape index (κ3) is 2.09. The van der Waals surface area contributed by atoms with Crippen molar-refractivity contribution in [2.24, 2.45) is 5.41 Å². The summed E-state index contributed by atoms with van der Waals surface area (Å²) in [5.41, 5.74) is 0.697. The van der Waals surface area contributed by atoms with Crippen LogP contribution in [0.15, 0.2) is 0 Å². The highest BCUT2D eigenvalue weighted by Crippen LogP contribution is 2.41. The summed E-state index contributed by atoms with van der Waals surface area (Å²) in [4.78, 5) is 1.69. The summed E-state index contributed by atoms with van der Waals surface area (Å²) in [6.45, 7) is 3.75. The van der Waals surface area contributed by atoms with E-state index in [9.17, 15) is 0 Å². The van der Waals surface area contributed by atoms with Gasteiger partial charge in [-0.25, -0.2) is 0 Å². The molecule has 1 spiro atoms. The first-order valence-corrected chi connectivity index (χ1v) is 6.05. The third-order valence-electron chi connectivity index (χ3n) is 4.12. The second kappa shape index (κ2) is 4.31. The van der Waals surface area contributed by atoms with Gasteiger partial charge in [-0.15, -0.1) is 0 Å². The van der Waals surface area contributed by atoms with Gasteiger partial charge >= 0.3 is 0 Å². The molecule has 0 radical (unpaired) electrons. The molecule has 1 aliphatic carbocycles. The standard InChI is InChI=1S/C12H20N2/c13-8-4-10-14-9-3-7-12(11-14)5-1-2-6-12/h1-7,9-11H2/p+1. The zero-order chi connectivity index (χ0) is 9.86. The molecule has 2 heteroatoms. The molecule has 2 nitrogen and oxygen atoms in total. The van der Waals surface area contributed by atoms with Crippen LogP contribution in [0.5, 0.6) is 0 Å². The first-order valence-electron chi connectivity index (χ1n) is 6.05. The van der Waals surface area contributed by atoms with Gasteiger partial charge in [0.2, 0.25) is 0 Å². The van der Waals surface area contributed by atoms with Crippen LogP contribution >= 0.6 is 0 Å². The molecule has 0 aromatic heterocycles. The predicted octanol–water partition coefficient (Wildman–Crippen LogP) is 1.14. The first-order chi connectivity index (χ1) is 6.85. The number of rotatable bonds is 2. The lowest BCUT2D eigenvalue weighted by Gasteiger charge is -2.37. The van der Waals surface area contributed by atoms with Gasteiger partial charge in [0.1, 0.15) is 0 Å². The highest BCUT2D eigenvalue weighted by atomic mass is 15.1. The molecule has 1 saturated carbocycles. The minimum absolute atomic E-state index is 0.697. The van der Waals surface area contributed by atoms with Crippen molar-refractivity contribution < 1.29 is 4.90 Å². The van der Waals surface area contributed by atoms with Crippen molar-refractivity contribution in [1.29, 1.82) is 5.26 Å². The van der Waals surface area contributed by atoms with Gasteiger partial charge < -0.3 is 4.90 Å². The molecular formula is C12H21N2+. The molecule has 1 aliphatic heterocycles. The monoisotopic (exact) mass is 193 g/mol. The molecule has 78 valence electrons. The van der Waals surface area contributed by atoms with E-state index in [-0.39, 0.29) is 0 Å². The van der Waals surface area contributed by atoms with Crippen LogP contribution in [0.25, 0.3) is 0 Å². The quantitative estimate of drug-likeness (QED) is 0.700. The van der Waals surface area contributed by atoms with Crippen LogP contribution in [-0.2, 0) is 0 Å². The lowest BCUT2D eigenvalue weighted by atomic mass is 9.78. The van der Waals surface area contributed by atoms with Crippen LogP contribution in [0, 0.1) is 16.7 Å². The molecular weight excluding hydrogens is 172 g/mol. The van der Waals surface area contributed by atoms with Gasteiger partial charge in [-0.1, -0.05) is 12.8 Å². The second-order valence-corrected chi connectivity index (χ2v) is 5.15. The summed E-state index contributed by atoms with van der Waals surface area (Å²) in [7, 11) is 0. The molecule has 1 atom stereocenters. The van der Waals surface area contributed by atoms with Gasteiger partial charge in [0.15, 0.2) is 0 Å². The average molecular weight is 193 g/mol. The van der Waals surface area contributed by atoms with E-state index in [0.717, 1.165) is 13.0 Å².